The Morgan fingerprint density at radius 1 is 0.938 bits per heavy atom. The molecule has 0 saturated carbocycles. The summed E-state index contributed by atoms with van der Waals surface area (Å²) in [6.45, 7) is 2.07. The molecule has 0 radical (unpaired) electrons. The van der Waals surface area contributed by atoms with Crippen LogP contribution in [0.15, 0.2) is 48.5 Å². The highest BCUT2D eigenvalue weighted by Crippen LogP contribution is 2.15. The van der Waals surface area contributed by atoms with E-state index in [1.165, 1.54) is 16.7 Å². The lowest BCUT2D eigenvalue weighted by Crippen LogP contribution is -1.87. The molecule has 2 aromatic carbocycles. The molecule has 16 heavy (non-hydrogen) atoms. The fourth-order valence-electron chi connectivity index (χ4n) is 1.64. The second kappa shape index (κ2) is 4.67. The number of nitrogens with two attached hydrogens (primary N) is 1. The second-order valence-corrected chi connectivity index (χ2v) is 3.86. The summed E-state index contributed by atoms with van der Waals surface area (Å²) in [6, 6.07) is 16.2. The van der Waals surface area contributed by atoms with Crippen LogP contribution in [0.4, 0.5) is 5.69 Å². The normalized spacial score (nSPS) is 10.8. The molecule has 2 aromatic rings. The number of aryl methyl sites for hydroxylation is 1. The summed E-state index contributed by atoms with van der Waals surface area (Å²) in [5, 5.41) is 0. The zero-order valence-corrected chi connectivity index (χ0v) is 9.35. The number of nitrogen functional groups attached to an aromatic ring is 1. The van der Waals surface area contributed by atoms with Crippen LogP contribution in [0.3, 0.4) is 0 Å². The number of anilines is 1. The molecule has 0 fully saturated rings. The van der Waals surface area contributed by atoms with Gasteiger partial charge in [0.25, 0.3) is 0 Å². The first-order valence-corrected chi connectivity index (χ1v) is 5.35. The lowest BCUT2D eigenvalue weighted by atomic mass is 10.1. The molecular formula is C15H15N. The highest BCUT2D eigenvalue weighted by atomic mass is 14.5. The van der Waals surface area contributed by atoms with Crippen LogP contribution in [-0.4, -0.2) is 0 Å². The fourth-order valence-corrected chi connectivity index (χ4v) is 1.64. The van der Waals surface area contributed by atoms with Gasteiger partial charge in [-0.2, -0.15) is 0 Å². The smallest absolute Gasteiger partial charge is 0.0317 e. The van der Waals surface area contributed by atoms with Gasteiger partial charge in [0.2, 0.25) is 0 Å². The van der Waals surface area contributed by atoms with E-state index in [2.05, 4.69) is 31.2 Å². The largest absolute Gasteiger partial charge is 0.399 e. The molecular weight excluding hydrogens is 194 g/mol. The Labute approximate surface area is 96.2 Å². The lowest BCUT2D eigenvalue weighted by Gasteiger charge is -2.01. The average Bonchev–Trinajstić information content (AvgIpc) is 2.29. The van der Waals surface area contributed by atoms with Crippen molar-refractivity contribution in [1.82, 2.24) is 0 Å². The molecule has 1 nitrogen and oxygen atoms in total. The van der Waals surface area contributed by atoms with Gasteiger partial charge in [0.15, 0.2) is 0 Å². The molecule has 0 aliphatic heterocycles. The van der Waals surface area contributed by atoms with Crippen molar-refractivity contribution in [1.29, 1.82) is 0 Å². The summed E-state index contributed by atoms with van der Waals surface area (Å²) in [5.74, 6) is 0. The molecule has 0 amide bonds. The zero-order valence-electron chi connectivity index (χ0n) is 9.35. The first kappa shape index (κ1) is 10.5. The number of hydrogen-bond donors (Lipinski definition) is 1. The minimum absolute atomic E-state index is 0.814. The van der Waals surface area contributed by atoms with Crippen LogP contribution in [0.5, 0.6) is 0 Å². The van der Waals surface area contributed by atoms with Crippen LogP contribution in [0.25, 0.3) is 12.2 Å². The van der Waals surface area contributed by atoms with E-state index in [9.17, 15) is 0 Å². The monoisotopic (exact) mass is 209 g/mol. The Bertz CT molecular complexity index is 498. The first-order chi connectivity index (χ1) is 7.75. The lowest BCUT2D eigenvalue weighted by molar-refractivity contribution is 1.45. The summed E-state index contributed by atoms with van der Waals surface area (Å²) in [7, 11) is 0. The van der Waals surface area contributed by atoms with E-state index in [1.807, 2.05) is 36.4 Å². The fraction of sp³-hybridized carbons (Fsp3) is 0.0667. The van der Waals surface area contributed by atoms with Gasteiger partial charge in [0.05, 0.1) is 0 Å². The molecule has 1 heteroatoms. The first-order valence-electron chi connectivity index (χ1n) is 5.35. The van der Waals surface area contributed by atoms with Gasteiger partial charge in [-0.3, -0.25) is 0 Å². The minimum atomic E-state index is 0.814. The zero-order chi connectivity index (χ0) is 11.4. The van der Waals surface area contributed by atoms with Crippen molar-refractivity contribution in [2.45, 2.75) is 6.92 Å². The Hall–Kier alpha value is -2.02. The molecule has 0 aromatic heterocycles. The van der Waals surface area contributed by atoms with Crippen LogP contribution in [0.1, 0.15) is 16.7 Å². The summed E-state index contributed by atoms with van der Waals surface area (Å²) in [4.78, 5) is 0. The molecule has 0 atom stereocenters. The van der Waals surface area contributed by atoms with E-state index in [4.69, 9.17) is 5.73 Å². The molecule has 0 unspecified atom stereocenters. The van der Waals surface area contributed by atoms with Crippen LogP contribution < -0.4 is 5.73 Å². The van der Waals surface area contributed by atoms with E-state index in [-0.39, 0.29) is 0 Å². The van der Waals surface area contributed by atoms with Crippen molar-refractivity contribution in [2.75, 3.05) is 5.73 Å². The average molecular weight is 209 g/mol. The molecule has 0 saturated heterocycles. The van der Waals surface area contributed by atoms with Crippen molar-refractivity contribution in [3.8, 4) is 0 Å². The predicted molar refractivity (Wildman–Crippen MR) is 71.0 cm³/mol. The maximum absolute atomic E-state index is 5.71. The van der Waals surface area contributed by atoms with Gasteiger partial charge in [-0.25, -0.2) is 0 Å². The SMILES string of the molecule is Cc1cc(N)ccc1/C=C/c1ccccc1. The van der Waals surface area contributed by atoms with E-state index >= 15 is 0 Å². The van der Waals surface area contributed by atoms with Gasteiger partial charge in [-0.1, -0.05) is 48.6 Å². The van der Waals surface area contributed by atoms with Crippen LogP contribution >= 0.6 is 0 Å². The van der Waals surface area contributed by atoms with E-state index in [1.54, 1.807) is 0 Å². The third-order valence-corrected chi connectivity index (χ3v) is 2.55. The molecule has 0 aliphatic carbocycles. The van der Waals surface area contributed by atoms with Gasteiger partial charge in [0, 0.05) is 5.69 Å². The quantitative estimate of drug-likeness (QED) is 0.591. The third kappa shape index (κ3) is 2.51. The van der Waals surface area contributed by atoms with E-state index in [0.29, 0.717) is 0 Å². The Morgan fingerprint density at radius 2 is 1.69 bits per heavy atom. The molecule has 0 heterocycles. The van der Waals surface area contributed by atoms with Crippen molar-refractivity contribution >= 4 is 17.8 Å². The van der Waals surface area contributed by atoms with Crippen LogP contribution in [-0.2, 0) is 0 Å². The summed E-state index contributed by atoms with van der Waals surface area (Å²) in [5.41, 5.74) is 10.1. The highest BCUT2D eigenvalue weighted by molar-refractivity contribution is 5.71. The minimum Gasteiger partial charge on any atom is -0.399 e. The summed E-state index contributed by atoms with van der Waals surface area (Å²) in [6.07, 6.45) is 4.22. The topological polar surface area (TPSA) is 26.0 Å². The van der Waals surface area contributed by atoms with Gasteiger partial charge in [-0.05, 0) is 35.7 Å². The molecule has 0 bridgehead atoms. The number of hydrogen-bond acceptors (Lipinski definition) is 1. The molecule has 80 valence electrons. The Kier molecular flexibility index (Phi) is 3.06. The number of rotatable bonds is 2. The Morgan fingerprint density at radius 3 is 2.38 bits per heavy atom. The predicted octanol–water partition coefficient (Wildman–Crippen LogP) is 3.75. The number of benzene rings is 2. The molecule has 0 spiro atoms. The Balaban J connectivity index is 2.24. The molecule has 2 rings (SSSR count). The van der Waals surface area contributed by atoms with E-state index < -0.39 is 0 Å². The van der Waals surface area contributed by atoms with Gasteiger partial charge >= 0.3 is 0 Å². The summed E-state index contributed by atoms with van der Waals surface area (Å²) < 4.78 is 0. The van der Waals surface area contributed by atoms with Crippen LogP contribution in [0.2, 0.25) is 0 Å². The second-order valence-electron chi connectivity index (χ2n) is 3.86. The third-order valence-electron chi connectivity index (χ3n) is 2.55. The van der Waals surface area contributed by atoms with E-state index in [0.717, 1.165) is 5.69 Å². The van der Waals surface area contributed by atoms with Crippen molar-refractivity contribution in [3.63, 3.8) is 0 Å². The highest BCUT2D eigenvalue weighted by Gasteiger charge is 1.94. The molecule has 2 N–H and O–H groups in total. The van der Waals surface area contributed by atoms with Gasteiger partial charge in [0.1, 0.15) is 0 Å². The van der Waals surface area contributed by atoms with Crippen LogP contribution in [0, 0.1) is 6.92 Å². The summed E-state index contributed by atoms with van der Waals surface area (Å²) >= 11 is 0. The van der Waals surface area contributed by atoms with Crippen molar-refractivity contribution in [2.24, 2.45) is 0 Å². The van der Waals surface area contributed by atoms with Gasteiger partial charge < -0.3 is 5.73 Å². The maximum Gasteiger partial charge on any atom is 0.0317 e. The molecule has 0 aliphatic rings. The maximum atomic E-state index is 5.71. The standard InChI is InChI=1S/C15H15N/c1-12-11-15(16)10-9-14(12)8-7-13-5-3-2-4-6-13/h2-11H,16H2,1H3/b8-7+. The van der Waals surface area contributed by atoms with Gasteiger partial charge in [-0.15, -0.1) is 0 Å². The van der Waals surface area contributed by atoms with Crippen molar-refractivity contribution in [3.05, 3.63) is 65.2 Å². The van der Waals surface area contributed by atoms with Crippen molar-refractivity contribution < 1.29 is 0 Å².